The summed E-state index contributed by atoms with van der Waals surface area (Å²) in [5.41, 5.74) is 0. The van der Waals surface area contributed by atoms with Crippen molar-refractivity contribution < 1.29 is 22.7 Å². The Kier molecular flexibility index (Phi) is 6.41. The standard InChI is InChI=1S/C15H26N2O5S/c1-23(20,21)17-9-5-6-13(12-17)15(19)22-11-10-16-8-4-2-3-7-14(16)18/h13H,2-12H2,1H3. The minimum Gasteiger partial charge on any atom is -0.464 e. The molecular weight excluding hydrogens is 320 g/mol. The molecule has 0 spiro atoms. The summed E-state index contributed by atoms with van der Waals surface area (Å²) in [7, 11) is -3.27. The normalized spacial score (nSPS) is 24.3. The van der Waals surface area contributed by atoms with Gasteiger partial charge in [0.15, 0.2) is 0 Å². The van der Waals surface area contributed by atoms with Gasteiger partial charge in [0, 0.05) is 26.1 Å². The van der Waals surface area contributed by atoms with Gasteiger partial charge in [-0.05, 0) is 25.7 Å². The van der Waals surface area contributed by atoms with Crippen LogP contribution < -0.4 is 0 Å². The number of carbonyl (C=O) groups is 2. The van der Waals surface area contributed by atoms with Crippen LogP contribution in [0.1, 0.15) is 38.5 Å². The Morgan fingerprint density at radius 1 is 1.22 bits per heavy atom. The molecule has 0 aliphatic carbocycles. The van der Waals surface area contributed by atoms with E-state index in [0.717, 1.165) is 32.1 Å². The van der Waals surface area contributed by atoms with Crippen LogP contribution in [0.2, 0.25) is 0 Å². The number of amides is 1. The molecule has 0 saturated carbocycles. The van der Waals surface area contributed by atoms with E-state index in [1.165, 1.54) is 4.31 Å². The van der Waals surface area contributed by atoms with Crippen molar-refractivity contribution in [3.8, 4) is 0 Å². The van der Waals surface area contributed by atoms with Crippen LogP contribution in [-0.2, 0) is 24.3 Å². The smallest absolute Gasteiger partial charge is 0.310 e. The number of rotatable bonds is 5. The minimum absolute atomic E-state index is 0.125. The van der Waals surface area contributed by atoms with Crippen molar-refractivity contribution in [2.75, 3.05) is 39.0 Å². The number of esters is 1. The number of ether oxygens (including phenoxy) is 1. The van der Waals surface area contributed by atoms with Crippen molar-refractivity contribution in [3.05, 3.63) is 0 Å². The van der Waals surface area contributed by atoms with Gasteiger partial charge in [0.1, 0.15) is 6.61 Å². The zero-order valence-electron chi connectivity index (χ0n) is 13.7. The molecule has 23 heavy (non-hydrogen) atoms. The predicted molar refractivity (Wildman–Crippen MR) is 85.1 cm³/mol. The maximum Gasteiger partial charge on any atom is 0.310 e. The van der Waals surface area contributed by atoms with Crippen molar-refractivity contribution in [2.24, 2.45) is 5.92 Å². The second-order valence-corrected chi connectivity index (χ2v) is 8.30. The first kappa shape index (κ1) is 18.2. The van der Waals surface area contributed by atoms with Gasteiger partial charge >= 0.3 is 5.97 Å². The van der Waals surface area contributed by atoms with Crippen molar-refractivity contribution in [2.45, 2.75) is 38.5 Å². The zero-order chi connectivity index (χ0) is 16.9. The van der Waals surface area contributed by atoms with Crippen molar-refractivity contribution in [1.29, 1.82) is 0 Å². The Hall–Kier alpha value is -1.15. The molecule has 2 aliphatic rings. The molecule has 0 radical (unpaired) electrons. The van der Waals surface area contributed by atoms with Gasteiger partial charge in [0.2, 0.25) is 15.9 Å². The number of nitrogens with zero attached hydrogens (tertiary/aromatic N) is 2. The summed E-state index contributed by atoms with van der Waals surface area (Å²) in [4.78, 5) is 25.7. The van der Waals surface area contributed by atoms with Gasteiger partial charge in [0.25, 0.3) is 0 Å². The van der Waals surface area contributed by atoms with E-state index < -0.39 is 15.9 Å². The Labute approximate surface area is 138 Å². The second-order valence-electron chi connectivity index (χ2n) is 6.32. The molecule has 1 amide bonds. The molecule has 132 valence electrons. The highest BCUT2D eigenvalue weighted by Gasteiger charge is 2.31. The van der Waals surface area contributed by atoms with Crippen LogP contribution in [0.15, 0.2) is 0 Å². The summed E-state index contributed by atoms with van der Waals surface area (Å²) in [5, 5.41) is 0. The SMILES string of the molecule is CS(=O)(=O)N1CCCC(C(=O)OCCN2CCCCCC2=O)C1. The van der Waals surface area contributed by atoms with Crippen LogP contribution in [0, 0.1) is 5.92 Å². The van der Waals surface area contributed by atoms with Crippen LogP contribution >= 0.6 is 0 Å². The molecule has 0 aromatic carbocycles. The summed E-state index contributed by atoms with van der Waals surface area (Å²) in [6.07, 6.45) is 6.02. The molecule has 2 heterocycles. The third-order valence-corrected chi connectivity index (χ3v) is 5.73. The van der Waals surface area contributed by atoms with E-state index in [1.807, 2.05) is 0 Å². The molecule has 2 saturated heterocycles. The fraction of sp³-hybridized carbons (Fsp3) is 0.867. The van der Waals surface area contributed by atoms with Gasteiger partial charge in [-0.3, -0.25) is 9.59 Å². The monoisotopic (exact) mass is 346 g/mol. The number of likely N-dealkylation sites (tertiary alicyclic amines) is 1. The van der Waals surface area contributed by atoms with Crippen molar-refractivity contribution in [3.63, 3.8) is 0 Å². The quantitative estimate of drug-likeness (QED) is 0.681. The summed E-state index contributed by atoms with van der Waals surface area (Å²) >= 11 is 0. The molecule has 1 atom stereocenters. The van der Waals surface area contributed by atoms with Crippen LogP contribution in [0.4, 0.5) is 0 Å². The Bertz CT molecular complexity index is 534. The number of sulfonamides is 1. The second kappa shape index (κ2) is 8.10. The molecular formula is C15H26N2O5S. The van der Waals surface area contributed by atoms with E-state index in [1.54, 1.807) is 4.90 Å². The molecule has 0 bridgehead atoms. The van der Waals surface area contributed by atoms with E-state index >= 15 is 0 Å². The molecule has 8 heteroatoms. The number of piperidine rings is 1. The summed E-state index contributed by atoms with van der Waals surface area (Å²) in [6.45, 7) is 1.99. The lowest BCUT2D eigenvalue weighted by atomic mass is 10.0. The molecule has 2 rings (SSSR count). The number of hydrogen-bond acceptors (Lipinski definition) is 5. The number of carbonyl (C=O) groups excluding carboxylic acids is 2. The Morgan fingerprint density at radius 2 is 2.00 bits per heavy atom. The maximum absolute atomic E-state index is 12.1. The van der Waals surface area contributed by atoms with Gasteiger partial charge < -0.3 is 9.64 Å². The first-order valence-electron chi connectivity index (χ1n) is 8.27. The highest BCUT2D eigenvalue weighted by molar-refractivity contribution is 7.88. The van der Waals surface area contributed by atoms with Crippen molar-refractivity contribution >= 4 is 21.9 Å². The fourth-order valence-electron chi connectivity index (χ4n) is 3.09. The van der Waals surface area contributed by atoms with Crippen LogP contribution in [-0.4, -0.2) is 68.5 Å². The topological polar surface area (TPSA) is 84.0 Å². The molecule has 0 aromatic heterocycles. The molecule has 0 aromatic rings. The maximum atomic E-state index is 12.1. The van der Waals surface area contributed by atoms with Crippen LogP contribution in [0.25, 0.3) is 0 Å². The van der Waals surface area contributed by atoms with E-state index in [0.29, 0.717) is 32.4 Å². The van der Waals surface area contributed by atoms with Gasteiger partial charge in [-0.1, -0.05) is 6.42 Å². The third kappa shape index (κ3) is 5.46. The molecule has 2 fully saturated rings. The van der Waals surface area contributed by atoms with Gasteiger partial charge in [-0.25, -0.2) is 12.7 Å². The van der Waals surface area contributed by atoms with Gasteiger partial charge in [-0.2, -0.15) is 0 Å². The van der Waals surface area contributed by atoms with Gasteiger partial charge in [0.05, 0.1) is 18.7 Å². The first-order valence-corrected chi connectivity index (χ1v) is 10.1. The molecule has 2 aliphatic heterocycles. The number of hydrogen-bond donors (Lipinski definition) is 0. The highest BCUT2D eigenvalue weighted by atomic mass is 32.2. The summed E-state index contributed by atoms with van der Waals surface area (Å²) in [5.74, 6) is -0.640. The van der Waals surface area contributed by atoms with E-state index in [4.69, 9.17) is 4.74 Å². The largest absolute Gasteiger partial charge is 0.464 e. The average Bonchev–Trinajstić information content (AvgIpc) is 2.71. The van der Waals surface area contributed by atoms with Crippen molar-refractivity contribution in [1.82, 2.24) is 9.21 Å². The Morgan fingerprint density at radius 3 is 2.74 bits per heavy atom. The zero-order valence-corrected chi connectivity index (χ0v) is 14.5. The Balaban J connectivity index is 1.77. The summed E-state index contributed by atoms with van der Waals surface area (Å²) in [6, 6.07) is 0. The fourth-order valence-corrected chi connectivity index (χ4v) is 4.00. The summed E-state index contributed by atoms with van der Waals surface area (Å²) < 4.78 is 29.8. The third-order valence-electron chi connectivity index (χ3n) is 4.46. The van der Waals surface area contributed by atoms with E-state index in [2.05, 4.69) is 0 Å². The first-order chi connectivity index (χ1) is 10.9. The van der Waals surface area contributed by atoms with E-state index in [9.17, 15) is 18.0 Å². The highest BCUT2D eigenvalue weighted by Crippen LogP contribution is 2.20. The van der Waals surface area contributed by atoms with Gasteiger partial charge in [-0.15, -0.1) is 0 Å². The lowest BCUT2D eigenvalue weighted by Gasteiger charge is -2.29. The predicted octanol–water partition coefficient (Wildman–Crippen LogP) is 0.604. The lowest BCUT2D eigenvalue weighted by Crippen LogP contribution is -2.42. The molecule has 1 unspecified atom stereocenters. The van der Waals surface area contributed by atoms with E-state index in [-0.39, 0.29) is 25.0 Å². The molecule has 0 N–H and O–H groups in total. The van der Waals surface area contributed by atoms with Crippen LogP contribution in [0.3, 0.4) is 0 Å². The minimum atomic E-state index is -3.27. The lowest BCUT2D eigenvalue weighted by molar-refractivity contribution is -0.151. The molecule has 7 nitrogen and oxygen atoms in total. The average molecular weight is 346 g/mol. The van der Waals surface area contributed by atoms with Crippen LogP contribution in [0.5, 0.6) is 0 Å².